The largest absolute Gasteiger partial charge is 0.452 e. The summed E-state index contributed by atoms with van der Waals surface area (Å²) in [6.07, 6.45) is 4.31. The first-order chi connectivity index (χ1) is 14.1. The van der Waals surface area contributed by atoms with Gasteiger partial charge in [-0.1, -0.05) is 48.5 Å². The fraction of sp³-hybridized carbons (Fsp3) is 0. The van der Waals surface area contributed by atoms with Crippen molar-refractivity contribution < 1.29 is 23.5 Å². The fourth-order valence-electron chi connectivity index (χ4n) is 2.84. The van der Waals surface area contributed by atoms with E-state index in [0.717, 1.165) is 5.56 Å². The van der Waals surface area contributed by atoms with Gasteiger partial charge in [0.25, 0.3) is 0 Å². The van der Waals surface area contributed by atoms with Crippen molar-refractivity contribution in [3.05, 3.63) is 107 Å². The van der Waals surface area contributed by atoms with Crippen LogP contribution in [0.25, 0.3) is 12.2 Å². The normalized spacial score (nSPS) is 14.1. The lowest BCUT2D eigenvalue weighted by Gasteiger charge is -2.03. The molecule has 0 aliphatic carbocycles. The minimum absolute atomic E-state index is 0.0116. The van der Waals surface area contributed by atoms with Crippen molar-refractivity contribution in [2.75, 3.05) is 0 Å². The molecule has 0 N–H and O–H groups in total. The molecule has 4 rings (SSSR count). The fourth-order valence-corrected chi connectivity index (χ4v) is 2.84. The Hall–Kier alpha value is -3.99. The zero-order valence-corrected chi connectivity index (χ0v) is 15.2. The van der Waals surface area contributed by atoms with Crippen molar-refractivity contribution in [2.45, 2.75) is 0 Å². The van der Waals surface area contributed by atoms with E-state index in [4.69, 9.17) is 9.47 Å². The molecule has 0 atom stereocenters. The number of allylic oxidation sites excluding steroid dienone is 1. The molecule has 0 aromatic heterocycles. The Morgan fingerprint density at radius 2 is 1.72 bits per heavy atom. The van der Waals surface area contributed by atoms with Crippen LogP contribution in [0.1, 0.15) is 21.5 Å². The summed E-state index contributed by atoms with van der Waals surface area (Å²) < 4.78 is 24.7. The SMILES string of the molecule is O=C(C=Cc1ccccc1)Oc1ccc2c(c1)OC(=Cc1ccccc1F)C2=O. The molecule has 0 saturated heterocycles. The highest BCUT2D eigenvalue weighted by Crippen LogP contribution is 2.35. The van der Waals surface area contributed by atoms with Crippen LogP contribution in [0.5, 0.6) is 11.5 Å². The summed E-state index contributed by atoms with van der Waals surface area (Å²) in [5.74, 6) is -0.851. The van der Waals surface area contributed by atoms with Crippen LogP contribution in [-0.2, 0) is 4.79 Å². The van der Waals surface area contributed by atoms with Crippen LogP contribution in [0.2, 0.25) is 0 Å². The van der Waals surface area contributed by atoms with Crippen LogP contribution in [0.15, 0.2) is 84.6 Å². The first-order valence-electron chi connectivity index (χ1n) is 8.88. The number of hydrogen-bond acceptors (Lipinski definition) is 4. The van der Waals surface area contributed by atoms with Gasteiger partial charge in [0.1, 0.15) is 17.3 Å². The van der Waals surface area contributed by atoms with Gasteiger partial charge < -0.3 is 9.47 Å². The highest BCUT2D eigenvalue weighted by Gasteiger charge is 2.28. The third kappa shape index (κ3) is 4.14. The van der Waals surface area contributed by atoms with Crippen LogP contribution in [0.4, 0.5) is 4.39 Å². The summed E-state index contributed by atoms with van der Waals surface area (Å²) in [4.78, 5) is 24.5. The van der Waals surface area contributed by atoms with Gasteiger partial charge >= 0.3 is 5.97 Å². The van der Waals surface area contributed by atoms with Gasteiger partial charge in [0.2, 0.25) is 5.78 Å². The van der Waals surface area contributed by atoms with Crippen molar-refractivity contribution in [2.24, 2.45) is 0 Å². The Kier molecular flexibility index (Phi) is 5.03. The molecule has 3 aromatic rings. The van der Waals surface area contributed by atoms with E-state index < -0.39 is 11.8 Å². The predicted molar refractivity (Wildman–Crippen MR) is 107 cm³/mol. The maximum absolute atomic E-state index is 13.8. The van der Waals surface area contributed by atoms with E-state index >= 15 is 0 Å². The van der Waals surface area contributed by atoms with Crippen LogP contribution < -0.4 is 9.47 Å². The molecule has 3 aromatic carbocycles. The van der Waals surface area contributed by atoms with E-state index in [0.29, 0.717) is 5.56 Å². The number of carbonyl (C=O) groups excluding carboxylic acids is 2. The van der Waals surface area contributed by atoms with Crippen LogP contribution in [-0.4, -0.2) is 11.8 Å². The molecule has 0 amide bonds. The average molecular weight is 386 g/mol. The molecule has 5 heteroatoms. The second-order valence-corrected chi connectivity index (χ2v) is 6.28. The van der Waals surface area contributed by atoms with Gasteiger partial charge in [0.05, 0.1) is 5.56 Å². The van der Waals surface area contributed by atoms with E-state index in [2.05, 4.69) is 0 Å². The lowest BCUT2D eigenvalue weighted by Crippen LogP contribution is -2.03. The van der Waals surface area contributed by atoms with Gasteiger partial charge in [0.15, 0.2) is 5.76 Å². The molecular weight excluding hydrogens is 371 g/mol. The maximum Gasteiger partial charge on any atom is 0.336 e. The summed E-state index contributed by atoms with van der Waals surface area (Å²) in [6, 6.07) is 19.9. The van der Waals surface area contributed by atoms with E-state index in [-0.39, 0.29) is 28.6 Å². The molecule has 0 radical (unpaired) electrons. The highest BCUT2D eigenvalue weighted by atomic mass is 19.1. The Labute approximate surface area is 166 Å². The van der Waals surface area contributed by atoms with Gasteiger partial charge in [-0.05, 0) is 35.9 Å². The third-order valence-corrected chi connectivity index (χ3v) is 4.26. The van der Waals surface area contributed by atoms with Crippen LogP contribution >= 0.6 is 0 Å². The maximum atomic E-state index is 13.8. The number of benzene rings is 3. The summed E-state index contributed by atoms with van der Waals surface area (Å²) in [7, 11) is 0. The molecule has 0 bridgehead atoms. The van der Waals surface area contributed by atoms with Crippen molar-refractivity contribution in [3.8, 4) is 11.5 Å². The number of rotatable bonds is 4. The van der Waals surface area contributed by atoms with Gasteiger partial charge in [-0.25, -0.2) is 9.18 Å². The number of ether oxygens (including phenoxy) is 2. The summed E-state index contributed by atoms with van der Waals surface area (Å²) in [5.41, 5.74) is 1.45. The van der Waals surface area contributed by atoms with Crippen molar-refractivity contribution in [1.29, 1.82) is 0 Å². The minimum atomic E-state index is -0.555. The minimum Gasteiger partial charge on any atom is -0.452 e. The molecule has 1 heterocycles. The molecule has 0 fully saturated rings. The van der Waals surface area contributed by atoms with Crippen molar-refractivity contribution in [3.63, 3.8) is 0 Å². The number of fused-ring (bicyclic) bond motifs is 1. The topological polar surface area (TPSA) is 52.6 Å². The summed E-state index contributed by atoms with van der Waals surface area (Å²) in [6.45, 7) is 0. The molecule has 4 nitrogen and oxygen atoms in total. The van der Waals surface area contributed by atoms with E-state index in [1.807, 2.05) is 30.3 Å². The number of esters is 1. The quantitative estimate of drug-likeness (QED) is 0.357. The van der Waals surface area contributed by atoms with E-state index in [9.17, 15) is 14.0 Å². The molecule has 0 unspecified atom stereocenters. The summed E-state index contributed by atoms with van der Waals surface area (Å²) in [5, 5.41) is 0. The standard InChI is InChI=1S/C24H15FO4/c25-20-9-5-4-8-17(20)14-22-24(27)19-12-11-18(15-21(19)29-22)28-23(26)13-10-16-6-2-1-3-7-16/h1-15H. The molecule has 142 valence electrons. The van der Waals surface area contributed by atoms with Gasteiger partial charge in [0, 0.05) is 17.7 Å². The third-order valence-electron chi connectivity index (χ3n) is 4.26. The average Bonchev–Trinajstić information content (AvgIpc) is 3.04. The van der Waals surface area contributed by atoms with Crippen LogP contribution in [0.3, 0.4) is 0 Å². The number of carbonyl (C=O) groups is 2. The predicted octanol–water partition coefficient (Wildman–Crippen LogP) is 5.06. The second kappa shape index (κ2) is 7.94. The molecular formula is C24H15FO4. The van der Waals surface area contributed by atoms with E-state index in [1.165, 1.54) is 36.4 Å². The molecule has 1 aliphatic heterocycles. The summed E-state index contributed by atoms with van der Waals surface area (Å²) >= 11 is 0. The van der Waals surface area contributed by atoms with Gasteiger partial charge in [-0.2, -0.15) is 0 Å². The van der Waals surface area contributed by atoms with Gasteiger partial charge in [-0.15, -0.1) is 0 Å². The molecule has 0 saturated carbocycles. The smallest absolute Gasteiger partial charge is 0.336 e. The van der Waals surface area contributed by atoms with Crippen LogP contribution in [0, 0.1) is 5.82 Å². The Morgan fingerprint density at radius 1 is 0.966 bits per heavy atom. The first-order valence-corrected chi connectivity index (χ1v) is 8.88. The monoisotopic (exact) mass is 386 g/mol. The Bertz CT molecular complexity index is 1150. The number of ketones is 1. The lowest BCUT2D eigenvalue weighted by molar-refractivity contribution is -0.128. The Balaban J connectivity index is 1.49. The molecule has 29 heavy (non-hydrogen) atoms. The highest BCUT2D eigenvalue weighted by molar-refractivity contribution is 6.14. The molecule has 0 spiro atoms. The molecule has 1 aliphatic rings. The number of halogens is 1. The van der Waals surface area contributed by atoms with Crippen molar-refractivity contribution in [1.82, 2.24) is 0 Å². The zero-order valence-electron chi connectivity index (χ0n) is 15.2. The lowest BCUT2D eigenvalue weighted by atomic mass is 10.1. The first kappa shape index (κ1) is 18.4. The number of Topliss-reactive ketones (excluding diaryl/α,β-unsaturated/α-hetero) is 1. The van der Waals surface area contributed by atoms with Crippen molar-refractivity contribution >= 4 is 23.9 Å². The zero-order chi connectivity index (χ0) is 20.2. The van der Waals surface area contributed by atoms with E-state index in [1.54, 1.807) is 24.3 Å². The Morgan fingerprint density at radius 3 is 2.52 bits per heavy atom. The van der Waals surface area contributed by atoms with Gasteiger partial charge in [-0.3, -0.25) is 4.79 Å². The number of hydrogen-bond donors (Lipinski definition) is 0. The second-order valence-electron chi connectivity index (χ2n) is 6.28.